The minimum atomic E-state index is -3.52. The molecule has 1 unspecified atom stereocenters. The lowest BCUT2D eigenvalue weighted by Crippen LogP contribution is -2.30. The summed E-state index contributed by atoms with van der Waals surface area (Å²) >= 11 is 7.59. The highest BCUT2D eigenvalue weighted by molar-refractivity contribution is 8.02. The number of thioether (sulfide) groups is 1. The summed E-state index contributed by atoms with van der Waals surface area (Å²) in [7, 11) is -3.52. The van der Waals surface area contributed by atoms with Crippen molar-refractivity contribution in [1.82, 2.24) is 4.72 Å². The Hall–Kier alpha value is -1.01. The van der Waals surface area contributed by atoms with E-state index in [1.54, 1.807) is 19.1 Å². The van der Waals surface area contributed by atoms with E-state index in [0.29, 0.717) is 14.8 Å². The molecule has 0 spiro atoms. The average molecular weight is 340 g/mol. The van der Waals surface area contributed by atoms with Crippen LogP contribution in [0.2, 0.25) is 5.02 Å². The Morgan fingerprint density at radius 1 is 1.14 bits per heavy atom. The van der Waals surface area contributed by atoms with Crippen molar-refractivity contribution in [2.45, 2.75) is 29.0 Å². The monoisotopic (exact) mass is 339 g/mol. The van der Waals surface area contributed by atoms with Crippen LogP contribution in [-0.2, 0) is 10.0 Å². The molecule has 1 aliphatic heterocycles. The van der Waals surface area contributed by atoms with Gasteiger partial charge in [0, 0.05) is 9.92 Å². The number of rotatable bonds is 1. The number of benzene rings is 2. The maximum Gasteiger partial charge on any atom is 0.242 e. The summed E-state index contributed by atoms with van der Waals surface area (Å²) in [6.07, 6.45) is 0. The van der Waals surface area contributed by atoms with Crippen LogP contribution in [0.1, 0.15) is 22.1 Å². The highest BCUT2D eigenvalue weighted by atomic mass is 35.5. The van der Waals surface area contributed by atoms with Gasteiger partial charge in [0.25, 0.3) is 0 Å². The third kappa shape index (κ3) is 2.83. The number of hydrogen-bond donors (Lipinski definition) is 1. The molecule has 0 amide bonds. The number of fused-ring (bicyclic) bond motifs is 1. The quantitative estimate of drug-likeness (QED) is 0.852. The van der Waals surface area contributed by atoms with Crippen LogP contribution < -0.4 is 4.72 Å². The molecule has 6 heteroatoms. The Kier molecular flexibility index (Phi) is 3.78. The third-order valence-corrected chi connectivity index (χ3v) is 6.77. The summed E-state index contributed by atoms with van der Waals surface area (Å²) in [6, 6.07) is 11.2. The van der Waals surface area contributed by atoms with Gasteiger partial charge >= 0.3 is 0 Å². The number of nitrogens with one attached hydrogen (secondary N) is 1. The van der Waals surface area contributed by atoms with Gasteiger partial charge in [-0.3, -0.25) is 0 Å². The van der Waals surface area contributed by atoms with Gasteiger partial charge in [-0.2, -0.15) is 4.72 Å². The van der Waals surface area contributed by atoms with Gasteiger partial charge in [-0.15, -0.1) is 0 Å². The van der Waals surface area contributed by atoms with E-state index >= 15 is 0 Å². The number of sulfonamides is 1. The van der Waals surface area contributed by atoms with Crippen LogP contribution in [0.3, 0.4) is 0 Å². The van der Waals surface area contributed by atoms with Crippen molar-refractivity contribution in [2.75, 3.05) is 0 Å². The van der Waals surface area contributed by atoms with Crippen LogP contribution in [0.25, 0.3) is 0 Å². The van der Waals surface area contributed by atoms with Gasteiger partial charge in [-0.25, -0.2) is 8.42 Å². The van der Waals surface area contributed by atoms with Crippen LogP contribution in [0.15, 0.2) is 46.2 Å². The van der Waals surface area contributed by atoms with Gasteiger partial charge in [0.2, 0.25) is 10.0 Å². The van der Waals surface area contributed by atoms with Crippen molar-refractivity contribution >= 4 is 33.4 Å². The molecule has 21 heavy (non-hydrogen) atoms. The number of halogens is 1. The molecule has 3 nitrogen and oxygen atoms in total. The van der Waals surface area contributed by atoms with E-state index in [1.807, 2.05) is 31.2 Å². The zero-order valence-electron chi connectivity index (χ0n) is 11.6. The summed E-state index contributed by atoms with van der Waals surface area (Å²) in [5, 5.41) is 0.253. The zero-order chi connectivity index (χ0) is 15.2. The topological polar surface area (TPSA) is 46.2 Å². The molecule has 1 N–H and O–H groups in total. The minimum absolute atomic E-state index is 0.303. The molecule has 0 bridgehead atoms. The smallest absolute Gasteiger partial charge is 0.207 e. The lowest BCUT2D eigenvalue weighted by atomic mass is 10.1. The molecule has 2 aromatic carbocycles. The van der Waals surface area contributed by atoms with Crippen molar-refractivity contribution < 1.29 is 8.42 Å². The highest BCUT2D eigenvalue weighted by Gasteiger charge is 2.31. The lowest BCUT2D eigenvalue weighted by Gasteiger charge is -2.26. The van der Waals surface area contributed by atoms with E-state index in [-0.39, 0.29) is 5.37 Å². The van der Waals surface area contributed by atoms with Gasteiger partial charge in [0.15, 0.2) is 0 Å². The van der Waals surface area contributed by atoms with E-state index in [0.717, 1.165) is 16.7 Å². The van der Waals surface area contributed by atoms with Gasteiger partial charge in [-0.1, -0.05) is 53.2 Å². The fourth-order valence-electron chi connectivity index (χ4n) is 2.17. The Bertz CT molecular complexity index is 801. The Balaban J connectivity index is 2.07. The summed E-state index contributed by atoms with van der Waals surface area (Å²) in [5.74, 6) is 0. The maximum absolute atomic E-state index is 12.4. The molecule has 110 valence electrons. The molecule has 2 aromatic rings. The first-order chi connectivity index (χ1) is 9.87. The van der Waals surface area contributed by atoms with Crippen LogP contribution in [0.5, 0.6) is 0 Å². The minimum Gasteiger partial charge on any atom is -0.207 e. The largest absolute Gasteiger partial charge is 0.242 e. The Morgan fingerprint density at radius 3 is 2.48 bits per heavy atom. The first-order valence-corrected chi connectivity index (χ1v) is 9.16. The molecule has 3 rings (SSSR count). The highest BCUT2D eigenvalue weighted by Crippen LogP contribution is 2.43. The second kappa shape index (κ2) is 5.32. The predicted octanol–water partition coefficient (Wildman–Crippen LogP) is 4.04. The second-order valence-corrected chi connectivity index (χ2v) is 8.31. The Morgan fingerprint density at radius 2 is 1.81 bits per heavy atom. The van der Waals surface area contributed by atoms with E-state index in [2.05, 4.69) is 4.72 Å². The van der Waals surface area contributed by atoms with Gasteiger partial charge in [-0.05, 0) is 37.1 Å². The zero-order valence-corrected chi connectivity index (χ0v) is 13.9. The molecule has 0 saturated heterocycles. The molecule has 0 saturated carbocycles. The Labute approximate surface area is 133 Å². The summed E-state index contributed by atoms with van der Waals surface area (Å²) < 4.78 is 27.6. The van der Waals surface area contributed by atoms with Crippen LogP contribution >= 0.6 is 23.4 Å². The van der Waals surface area contributed by atoms with Gasteiger partial charge < -0.3 is 0 Å². The standard InChI is InChI=1S/C15H14ClNO2S2/c1-9-3-5-11(6-4-9)15-17-21(18,19)14-7-10(2)12(16)8-13(14)20-15/h3-8,15,17H,1-2H3. The number of aryl methyl sites for hydroxylation is 2. The van der Waals surface area contributed by atoms with E-state index in [4.69, 9.17) is 11.6 Å². The first kappa shape index (κ1) is 14.9. The van der Waals surface area contributed by atoms with Gasteiger partial charge in [0.05, 0.1) is 10.3 Å². The predicted molar refractivity (Wildman–Crippen MR) is 86.3 cm³/mol. The lowest BCUT2D eigenvalue weighted by molar-refractivity contribution is 0.575. The van der Waals surface area contributed by atoms with Crippen molar-refractivity contribution in [2.24, 2.45) is 0 Å². The van der Waals surface area contributed by atoms with E-state index < -0.39 is 10.0 Å². The molecular formula is C15H14ClNO2S2. The van der Waals surface area contributed by atoms with Crippen molar-refractivity contribution in [1.29, 1.82) is 0 Å². The molecule has 1 atom stereocenters. The molecular weight excluding hydrogens is 326 g/mol. The molecule has 0 fully saturated rings. The third-order valence-electron chi connectivity index (χ3n) is 3.40. The van der Waals surface area contributed by atoms with Crippen LogP contribution in [0, 0.1) is 13.8 Å². The summed E-state index contributed by atoms with van der Waals surface area (Å²) in [4.78, 5) is 0.993. The fraction of sp³-hybridized carbons (Fsp3) is 0.200. The summed E-state index contributed by atoms with van der Waals surface area (Å²) in [5.41, 5.74) is 2.83. The number of hydrogen-bond acceptors (Lipinski definition) is 3. The van der Waals surface area contributed by atoms with E-state index in [9.17, 15) is 8.42 Å². The molecule has 1 aliphatic rings. The summed E-state index contributed by atoms with van der Waals surface area (Å²) in [6.45, 7) is 3.80. The average Bonchev–Trinajstić information content (AvgIpc) is 2.41. The second-order valence-electron chi connectivity index (χ2n) is 5.08. The molecule has 0 aromatic heterocycles. The first-order valence-electron chi connectivity index (χ1n) is 6.42. The van der Waals surface area contributed by atoms with E-state index in [1.165, 1.54) is 11.8 Å². The van der Waals surface area contributed by atoms with Crippen LogP contribution in [0.4, 0.5) is 0 Å². The van der Waals surface area contributed by atoms with Crippen molar-refractivity contribution in [3.05, 3.63) is 58.1 Å². The normalized spacial score (nSPS) is 20.0. The van der Waals surface area contributed by atoms with Crippen molar-refractivity contribution in [3.8, 4) is 0 Å². The van der Waals surface area contributed by atoms with Gasteiger partial charge in [0.1, 0.15) is 0 Å². The molecule has 0 aliphatic carbocycles. The fourth-order valence-corrected chi connectivity index (χ4v) is 5.55. The van der Waals surface area contributed by atoms with Crippen LogP contribution in [-0.4, -0.2) is 8.42 Å². The SMILES string of the molecule is Cc1ccc(C2NS(=O)(=O)c3cc(C)c(Cl)cc3S2)cc1. The molecule has 1 heterocycles. The molecule has 0 radical (unpaired) electrons. The van der Waals surface area contributed by atoms with Crippen molar-refractivity contribution in [3.63, 3.8) is 0 Å². The maximum atomic E-state index is 12.4.